The average molecular weight is 425 g/mol. The standard InChI is InChI=1S/C20H25ClN2O6/c1-3-27-20(26)13-5-4-6-23(11-13)17(24)12-22(2)19(25)14-9-15(21)18-16(10-14)28-7-8-29-18/h9-10,13H,3-8,11-12H2,1-2H3. The Morgan fingerprint density at radius 2 is 2.03 bits per heavy atom. The van der Waals surface area contributed by atoms with Crippen molar-refractivity contribution in [2.75, 3.05) is 46.5 Å². The van der Waals surface area contributed by atoms with Gasteiger partial charge >= 0.3 is 5.97 Å². The third-order valence-corrected chi connectivity index (χ3v) is 5.24. The highest BCUT2D eigenvalue weighted by molar-refractivity contribution is 6.32. The topological polar surface area (TPSA) is 85.4 Å². The second kappa shape index (κ2) is 9.35. The SMILES string of the molecule is CCOC(=O)C1CCCN(C(=O)CN(C)C(=O)c2cc(Cl)c3c(c2)OCCO3)C1. The van der Waals surface area contributed by atoms with E-state index in [1.807, 2.05) is 0 Å². The Bertz CT molecular complexity index is 799. The summed E-state index contributed by atoms with van der Waals surface area (Å²) in [6.07, 6.45) is 1.43. The summed E-state index contributed by atoms with van der Waals surface area (Å²) < 4.78 is 16.0. The first-order valence-electron chi connectivity index (χ1n) is 9.69. The van der Waals surface area contributed by atoms with E-state index in [9.17, 15) is 14.4 Å². The number of carbonyl (C=O) groups excluding carboxylic acids is 3. The molecule has 2 amide bonds. The number of esters is 1. The lowest BCUT2D eigenvalue weighted by Crippen LogP contribution is -2.47. The summed E-state index contributed by atoms with van der Waals surface area (Å²) in [5.74, 6) is -0.313. The van der Waals surface area contributed by atoms with E-state index in [1.165, 1.54) is 11.0 Å². The largest absolute Gasteiger partial charge is 0.486 e. The fourth-order valence-corrected chi connectivity index (χ4v) is 3.75. The second-order valence-electron chi connectivity index (χ2n) is 7.07. The van der Waals surface area contributed by atoms with Crippen LogP contribution >= 0.6 is 11.6 Å². The van der Waals surface area contributed by atoms with E-state index in [1.54, 1.807) is 24.9 Å². The summed E-state index contributed by atoms with van der Waals surface area (Å²) >= 11 is 6.20. The molecule has 2 aliphatic rings. The normalized spacial score (nSPS) is 18.2. The van der Waals surface area contributed by atoms with Crippen LogP contribution in [-0.2, 0) is 14.3 Å². The molecule has 29 heavy (non-hydrogen) atoms. The molecule has 1 unspecified atom stereocenters. The van der Waals surface area contributed by atoms with Gasteiger partial charge in [-0.2, -0.15) is 0 Å². The summed E-state index contributed by atoms with van der Waals surface area (Å²) in [5.41, 5.74) is 0.317. The highest BCUT2D eigenvalue weighted by Gasteiger charge is 2.30. The van der Waals surface area contributed by atoms with E-state index in [0.29, 0.717) is 61.4 Å². The van der Waals surface area contributed by atoms with E-state index in [-0.39, 0.29) is 30.2 Å². The predicted molar refractivity (Wildman–Crippen MR) is 105 cm³/mol. The van der Waals surface area contributed by atoms with E-state index in [2.05, 4.69) is 0 Å². The number of hydrogen-bond acceptors (Lipinski definition) is 6. The molecule has 1 saturated heterocycles. The minimum Gasteiger partial charge on any atom is -0.486 e. The average Bonchev–Trinajstić information content (AvgIpc) is 2.73. The lowest BCUT2D eigenvalue weighted by Gasteiger charge is -2.32. The molecule has 1 aromatic carbocycles. The fraction of sp³-hybridized carbons (Fsp3) is 0.550. The van der Waals surface area contributed by atoms with E-state index in [0.717, 1.165) is 6.42 Å². The van der Waals surface area contributed by atoms with Crippen LogP contribution in [0, 0.1) is 5.92 Å². The van der Waals surface area contributed by atoms with E-state index in [4.69, 9.17) is 25.8 Å². The number of rotatable bonds is 5. The summed E-state index contributed by atoms with van der Waals surface area (Å²) in [5, 5.41) is 0.290. The van der Waals surface area contributed by atoms with Crippen LogP contribution < -0.4 is 9.47 Å². The lowest BCUT2D eigenvalue weighted by molar-refractivity contribution is -0.151. The van der Waals surface area contributed by atoms with Crippen molar-refractivity contribution in [2.24, 2.45) is 5.92 Å². The Kier molecular flexibility index (Phi) is 6.84. The molecule has 0 N–H and O–H groups in total. The molecule has 0 bridgehead atoms. The first-order chi connectivity index (χ1) is 13.9. The molecule has 0 radical (unpaired) electrons. The van der Waals surface area contributed by atoms with E-state index >= 15 is 0 Å². The first kappa shape index (κ1) is 21.2. The Balaban J connectivity index is 1.63. The maximum Gasteiger partial charge on any atom is 0.310 e. The van der Waals surface area contributed by atoms with E-state index < -0.39 is 0 Å². The summed E-state index contributed by atoms with van der Waals surface area (Å²) in [4.78, 5) is 40.4. The molecule has 8 nitrogen and oxygen atoms in total. The van der Waals surface area contributed by atoms with Gasteiger partial charge in [0.05, 0.1) is 24.1 Å². The van der Waals surface area contributed by atoms with Crippen LogP contribution in [0.5, 0.6) is 11.5 Å². The highest BCUT2D eigenvalue weighted by Crippen LogP contribution is 2.38. The van der Waals surface area contributed by atoms with Gasteiger partial charge in [-0.3, -0.25) is 14.4 Å². The monoisotopic (exact) mass is 424 g/mol. The zero-order valence-electron chi connectivity index (χ0n) is 16.6. The molecule has 0 aromatic heterocycles. The van der Waals surface area contributed by atoms with Gasteiger partial charge in [-0.15, -0.1) is 0 Å². The third kappa shape index (κ3) is 4.93. The smallest absolute Gasteiger partial charge is 0.310 e. The number of likely N-dealkylation sites (tertiary alicyclic amines) is 1. The molecule has 158 valence electrons. The Labute approximate surface area is 174 Å². The maximum atomic E-state index is 12.8. The highest BCUT2D eigenvalue weighted by atomic mass is 35.5. The van der Waals surface area contributed by atoms with Gasteiger partial charge in [0.1, 0.15) is 13.2 Å². The summed E-state index contributed by atoms with van der Waals surface area (Å²) in [6.45, 7) is 3.64. The molecule has 1 atom stereocenters. The van der Waals surface area contributed by atoms with Crippen LogP contribution in [0.2, 0.25) is 5.02 Å². The molecule has 2 heterocycles. The van der Waals surface area contributed by atoms with Crippen molar-refractivity contribution in [3.63, 3.8) is 0 Å². The quantitative estimate of drug-likeness (QED) is 0.672. The van der Waals surface area contributed by atoms with Crippen LogP contribution in [-0.4, -0.2) is 74.1 Å². The van der Waals surface area contributed by atoms with Crippen molar-refractivity contribution < 1.29 is 28.6 Å². The number of piperidine rings is 1. The molecular formula is C20H25ClN2O6. The Morgan fingerprint density at radius 1 is 1.28 bits per heavy atom. The van der Waals surface area contributed by atoms with Crippen LogP contribution in [0.3, 0.4) is 0 Å². The third-order valence-electron chi connectivity index (χ3n) is 4.96. The Morgan fingerprint density at radius 3 is 2.79 bits per heavy atom. The minimum absolute atomic E-state index is 0.0968. The summed E-state index contributed by atoms with van der Waals surface area (Å²) in [6, 6.07) is 3.08. The second-order valence-corrected chi connectivity index (χ2v) is 7.48. The van der Waals surface area contributed by atoms with Crippen LogP contribution in [0.1, 0.15) is 30.1 Å². The minimum atomic E-state index is -0.351. The van der Waals surface area contributed by atoms with Crippen LogP contribution in [0.25, 0.3) is 0 Å². The van der Waals surface area contributed by atoms with Gasteiger partial charge in [0.25, 0.3) is 5.91 Å². The maximum absolute atomic E-state index is 12.8. The van der Waals surface area contributed by atoms with Crippen molar-refractivity contribution in [1.29, 1.82) is 0 Å². The zero-order chi connectivity index (χ0) is 21.0. The van der Waals surface area contributed by atoms with Crippen molar-refractivity contribution in [3.05, 3.63) is 22.7 Å². The predicted octanol–water partition coefficient (Wildman–Crippen LogP) is 1.98. The number of halogens is 1. The summed E-state index contributed by atoms with van der Waals surface area (Å²) in [7, 11) is 1.55. The van der Waals surface area contributed by atoms with Crippen molar-refractivity contribution >= 4 is 29.4 Å². The van der Waals surface area contributed by atoms with Crippen LogP contribution in [0.15, 0.2) is 12.1 Å². The molecule has 1 aromatic rings. The van der Waals surface area contributed by atoms with Gasteiger partial charge in [0, 0.05) is 25.7 Å². The number of carbonyl (C=O) groups is 3. The van der Waals surface area contributed by atoms with Gasteiger partial charge in [-0.05, 0) is 31.9 Å². The molecule has 0 spiro atoms. The van der Waals surface area contributed by atoms with Crippen molar-refractivity contribution in [1.82, 2.24) is 9.80 Å². The molecular weight excluding hydrogens is 400 g/mol. The van der Waals surface area contributed by atoms with Crippen molar-refractivity contribution in [2.45, 2.75) is 19.8 Å². The first-order valence-corrected chi connectivity index (χ1v) is 10.1. The molecule has 9 heteroatoms. The molecule has 0 saturated carbocycles. The lowest BCUT2D eigenvalue weighted by atomic mass is 9.98. The fourth-order valence-electron chi connectivity index (χ4n) is 3.49. The van der Waals surface area contributed by atoms with Gasteiger partial charge in [0.15, 0.2) is 11.5 Å². The molecule has 3 rings (SSSR count). The number of fused-ring (bicyclic) bond motifs is 1. The number of likely N-dealkylation sites (N-methyl/N-ethyl adjacent to an activating group) is 1. The van der Waals surface area contributed by atoms with Gasteiger partial charge < -0.3 is 24.0 Å². The Hall–Kier alpha value is -2.48. The molecule has 2 aliphatic heterocycles. The number of amides is 2. The number of hydrogen-bond donors (Lipinski definition) is 0. The number of nitrogens with zero attached hydrogens (tertiary/aromatic N) is 2. The number of ether oxygens (including phenoxy) is 3. The molecule has 0 aliphatic carbocycles. The van der Waals surface area contributed by atoms with Gasteiger partial charge in [-0.25, -0.2) is 0 Å². The van der Waals surface area contributed by atoms with Gasteiger partial charge in [0.2, 0.25) is 5.91 Å². The van der Waals surface area contributed by atoms with Gasteiger partial charge in [-0.1, -0.05) is 11.6 Å². The number of benzene rings is 1. The van der Waals surface area contributed by atoms with Crippen molar-refractivity contribution in [3.8, 4) is 11.5 Å². The molecule has 1 fully saturated rings. The van der Waals surface area contributed by atoms with Crippen LogP contribution in [0.4, 0.5) is 0 Å². The zero-order valence-corrected chi connectivity index (χ0v) is 17.4.